The van der Waals surface area contributed by atoms with Crippen LogP contribution in [0.25, 0.3) is 0 Å². The third-order valence-corrected chi connectivity index (χ3v) is 7.23. The summed E-state index contributed by atoms with van der Waals surface area (Å²) in [6.07, 6.45) is 4.14. The maximum atomic E-state index is 12.7. The number of rotatable bonds is 3. The van der Waals surface area contributed by atoms with Gasteiger partial charge in [0.05, 0.1) is 11.4 Å². The molecule has 1 saturated heterocycles. The van der Waals surface area contributed by atoms with E-state index in [2.05, 4.69) is 15.7 Å². The summed E-state index contributed by atoms with van der Waals surface area (Å²) in [5.74, 6) is 0.180. The highest BCUT2D eigenvalue weighted by molar-refractivity contribution is 8.38. The Morgan fingerprint density at radius 1 is 1.26 bits per heavy atom. The molecular formula is C18H20N4O3S2. The molecule has 0 unspecified atom stereocenters. The molecule has 1 spiro atoms. The molecule has 0 radical (unpaired) electrons. The fourth-order valence-corrected chi connectivity index (χ4v) is 5.44. The summed E-state index contributed by atoms with van der Waals surface area (Å²) >= 11 is 2.90. The molecule has 3 aliphatic rings. The summed E-state index contributed by atoms with van der Waals surface area (Å²) in [6, 6.07) is 7.37. The number of aliphatic imine (C=N–C) groups is 1. The van der Waals surface area contributed by atoms with Gasteiger partial charge in [-0.25, -0.2) is 9.79 Å². The normalized spacial score (nSPS) is 20.9. The molecule has 0 aromatic heterocycles. The molecule has 1 saturated carbocycles. The number of hydrazine groups is 1. The van der Waals surface area contributed by atoms with Crippen LogP contribution in [-0.4, -0.2) is 38.5 Å². The van der Waals surface area contributed by atoms with Crippen LogP contribution in [0.5, 0.6) is 0 Å². The van der Waals surface area contributed by atoms with Crippen molar-refractivity contribution in [3.05, 3.63) is 29.8 Å². The second kappa shape index (κ2) is 7.55. The molecule has 2 heterocycles. The molecule has 27 heavy (non-hydrogen) atoms. The van der Waals surface area contributed by atoms with Crippen molar-refractivity contribution in [2.24, 2.45) is 4.99 Å². The Morgan fingerprint density at radius 2 is 2.04 bits per heavy atom. The molecule has 4 rings (SSSR count). The number of nitrogens with one attached hydrogen (secondary N) is 2. The van der Waals surface area contributed by atoms with E-state index in [9.17, 15) is 14.4 Å². The predicted molar refractivity (Wildman–Crippen MR) is 107 cm³/mol. The number of carbonyl (C=O) groups is 3. The average molecular weight is 405 g/mol. The maximum Gasteiger partial charge on any atom is 0.344 e. The number of hydrogen-bond donors (Lipinski definition) is 2. The zero-order chi connectivity index (χ0) is 18.9. The Hall–Kier alpha value is -2.00. The average Bonchev–Trinajstić information content (AvgIpc) is 2.90. The number of benzene rings is 1. The second-order valence-electron chi connectivity index (χ2n) is 6.83. The van der Waals surface area contributed by atoms with Crippen molar-refractivity contribution in [2.75, 3.05) is 5.75 Å². The summed E-state index contributed by atoms with van der Waals surface area (Å²) in [6.45, 7) is 0. The minimum Gasteiger partial charge on any atom is -0.322 e. The monoisotopic (exact) mass is 404 g/mol. The topological polar surface area (TPSA) is 90.9 Å². The molecule has 9 heteroatoms. The van der Waals surface area contributed by atoms with Crippen LogP contribution in [0.2, 0.25) is 0 Å². The highest BCUT2D eigenvalue weighted by atomic mass is 32.2. The SMILES string of the molecule is O=C(CSC1=Nc2ccccc2CS1)NN1C(=O)NC2(CCCCC2)C1=O. The molecule has 4 amide bonds. The number of fused-ring (bicyclic) bond motifs is 1. The molecule has 1 aliphatic carbocycles. The van der Waals surface area contributed by atoms with Gasteiger partial charge in [0.15, 0.2) is 0 Å². The summed E-state index contributed by atoms with van der Waals surface area (Å²) in [4.78, 5) is 41.7. The van der Waals surface area contributed by atoms with E-state index in [4.69, 9.17) is 0 Å². The lowest BCUT2D eigenvalue weighted by molar-refractivity contribution is -0.139. The van der Waals surface area contributed by atoms with Crippen molar-refractivity contribution in [1.82, 2.24) is 15.8 Å². The van der Waals surface area contributed by atoms with Crippen molar-refractivity contribution < 1.29 is 14.4 Å². The van der Waals surface area contributed by atoms with Gasteiger partial charge in [-0.2, -0.15) is 5.01 Å². The Balaban J connectivity index is 1.34. The van der Waals surface area contributed by atoms with Gasteiger partial charge in [0.2, 0.25) is 5.91 Å². The van der Waals surface area contributed by atoms with Gasteiger partial charge >= 0.3 is 6.03 Å². The van der Waals surface area contributed by atoms with Crippen LogP contribution in [0.4, 0.5) is 10.5 Å². The molecule has 1 aromatic rings. The standard InChI is InChI=1S/C18H20N4O3S2/c23-14(11-27-17-19-13-7-3-2-6-12(13)10-26-17)21-22-15(24)18(20-16(22)25)8-4-1-5-9-18/h2-3,6-7H,1,4-5,8-11H2,(H,20,25)(H,21,23). The van der Waals surface area contributed by atoms with Gasteiger partial charge in [-0.15, -0.1) is 0 Å². The second-order valence-corrected chi connectivity index (χ2v) is 9.02. The fourth-order valence-electron chi connectivity index (χ4n) is 3.59. The minimum atomic E-state index is -0.831. The minimum absolute atomic E-state index is 0.0953. The van der Waals surface area contributed by atoms with E-state index in [1.165, 1.54) is 17.3 Å². The number of nitrogens with zero attached hydrogens (tertiary/aromatic N) is 2. The van der Waals surface area contributed by atoms with Gasteiger partial charge in [0.25, 0.3) is 5.91 Å². The van der Waals surface area contributed by atoms with Gasteiger partial charge in [0.1, 0.15) is 9.91 Å². The quantitative estimate of drug-likeness (QED) is 0.756. The van der Waals surface area contributed by atoms with Gasteiger partial charge in [-0.1, -0.05) is 61.0 Å². The lowest BCUT2D eigenvalue weighted by Gasteiger charge is -2.30. The van der Waals surface area contributed by atoms with E-state index in [1.54, 1.807) is 11.8 Å². The smallest absolute Gasteiger partial charge is 0.322 e. The molecule has 2 N–H and O–H groups in total. The van der Waals surface area contributed by atoms with Gasteiger partial charge < -0.3 is 5.32 Å². The van der Waals surface area contributed by atoms with Crippen LogP contribution < -0.4 is 10.7 Å². The lowest BCUT2D eigenvalue weighted by Crippen LogP contribution is -2.51. The largest absolute Gasteiger partial charge is 0.344 e. The number of amides is 4. The third-order valence-electron chi connectivity index (χ3n) is 4.99. The van der Waals surface area contributed by atoms with E-state index in [0.717, 1.165) is 40.1 Å². The Kier molecular flexibility index (Phi) is 5.14. The Labute approximate surface area is 165 Å². The Bertz CT molecular complexity index is 821. The molecule has 7 nitrogen and oxygen atoms in total. The first-order valence-electron chi connectivity index (χ1n) is 8.96. The van der Waals surface area contributed by atoms with Gasteiger partial charge in [-0.3, -0.25) is 15.0 Å². The van der Waals surface area contributed by atoms with E-state index in [1.807, 2.05) is 24.3 Å². The summed E-state index contributed by atoms with van der Waals surface area (Å²) in [5, 5.41) is 3.63. The number of imide groups is 1. The summed E-state index contributed by atoms with van der Waals surface area (Å²) < 4.78 is 0.810. The molecule has 142 valence electrons. The first kappa shape index (κ1) is 18.4. The van der Waals surface area contributed by atoms with Crippen LogP contribution in [0.1, 0.15) is 37.7 Å². The molecule has 2 aliphatic heterocycles. The van der Waals surface area contributed by atoms with Crippen LogP contribution in [0.3, 0.4) is 0 Å². The fraction of sp³-hybridized carbons (Fsp3) is 0.444. The number of thioether (sulfide) groups is 2. The lowest BCUT2D eigenvalue weighted by atomic mass is 9.82. The third kappa shape index (κ3) is 3.70. The molecule has 1 aromatic carbocycles. The molecule has 2 fully saturated rings. The van der Waals surface area contributed by atoms with Crippen molar-refractivity contribution >= 4 is 51.4 Å². The van der Waals surface area contributed by atoms with Crippen molar-refractivity contribution in [3.8, 4) is 0 Å². The number of para-hydroxylation sites is 1. The highest BCUT2D eigenvalue weighted by Crippen LogP contribution is 2.35. The first-order chi connectivity index (χ1) is 13.1. The van der Waals surface area contributed by atoms with Crippen LogP contribution >= 0.6 is 23.5 Å². The van der Waals surface area contributed by atoms with Crippen LogP contribution in [0, 0.1) is 0 Å². The number of urea groups is 1. The maximum absolute atomic E-state index is 12.7. The molecule has 0 bridgehead atoms. The zero-order valence-electron chi connectivity index (χ0n) is 14.7. The summed E-state index contributed by atoms with van der Waals surface area (Å²) in [7, 11) is 0. The molecular weight excluding hydrogens is 384 g/mol. The molecule has 0 atom stereocenters. The first-order valence-corrected chi connectivity index (χ1v) is 10.9. The number of carbonyl (C=O) groups excluding carboxylic acids is 3. The van der Waals surface area contributed by atoms with Crippen molar-refractivity contribution in [1.29, 1.82) is 0 Å². The van der Waals surface area contributed by atoms with Crippen molar-refractivity contribution in [2.45, 2.75) is 43.4 Å². The predicted octanol–water partition coefficient (Wildman–Crippen LogP) is 2.94. The van der Waals surface area contributed by atoms with Crippen molar-refractivity contribution in [3.63, 3.8) is 0 Å². The zero-order valence-corrected chi connectivity index (χ0v) is 16.3. The van der Waals surface area contributed by atoms with Crippen LogP contribution in [0.15, 0.2) is 29.3 Å². The van der Waals surface area contributed by atoms with E-state index in [-0.39, 0.29) is 11.7 Å². The van der Waals surface area contributed by atoms with Gasteiger partial charge in [-0.05, 0) is 24.5 Å². The van der Waals surface area contributed by atoms with E-state index in [0.29, 0.717) is 12.8 Å². The highest BCUT2D eigenvalue weighted by Gasteiger charge is 2.52. The number of hydrogen-bond acceptors (Lipinski definition) is 6. The van der Waals surface area contributed by atoms with Gasteiger partial charge in [0, 0.05) is 5.75 Å². The van der Waals surface area contributed by atoms with E-state index >= 15 is 0 Å². The Morgan fingerprint density at radius 3 is 2.85 bits per heavy atom. The van der Waals surface area contributed by atoms with E-state index < -0.39 is 17.5 Å². The summed E-state index contributed by atoms with van der Waals surface area (Å²) in [5.41, 5.74) is 3.72. The van der Waals surface area contributed by atoms with Crippen LogP contribution in [-0.2, 0) is 15.3 Å².